The molecule has 6 heteroatoms. The van der Waals surface area contributed by atoms with Gasteiger partial charge in [-0.3, -0.25) is 0 Å². The molecule has 2 rings (SSSR count). The molecule has 1 fully saturated rings. The first-order valence-corrected chi connectivity index (χ1v) is 7.11. The number of halogens is 2. The topological polar surface area (TPSA) is 35.6 Å². The predicted octanol–water partition coefficient (Wildman–Crippen LogP) is 2.77. The van der Waals surface area contributed by atoms with Crippen molar-refractivity contribution in [2.24, 2.45) is 5.92 Å². The van der Waals surface area contributed by atoms with Crippen molar-refractivity contribution in [3.05, 3.63) is 29.8 Å². The fourth-order valence-electron chi connectivity index (χ4n) is 2.70. The molecule has 1 aromatic rings. The van der Waals surface area contributed by atoms with Gasteiger partial charge in [0, 0.05) is 25.7 Å². The van der Waals surface area contributed by atoms with Crippen LogP contribution in [0, 0.1) is 17.6 Å². The van der Waals surface area contributed by atoms with Crippen LogP contribution in [0.1, 0.15) is 12.8 Å². The summed E-state index contributed by atoms with van der Waals surface area (Å²) < 4.78 is 26.4. The molecule has 0 unspecified atom stereocenters. The van der Waals surface area contributed by atoms with Crippen LogP contribution in [0.4, 0.5) is 19.3 Å². The van der Waals surface area contributed by atoms with E-state index in [-0.39, 0.29) is 11.7 Å². The van der Waals surface area contributed by atoms with Gasteiger partial charge < -0.3 is 15.1 Å². The maximum Gasteiger partial charge on any atom is 0.321 e. The maximum atomic E-state index is 13.5. The molecule has 0 bridgehead atoms. The van der Waals surface area contributed by atoms with Crippen molar-refractivity contribution >= 4 is 11.7 Å². The molecule has 4 nitrogen and oxygen atoms in total. The summed E-state index contributed by atoms with van der Waals surface area (Å²) in [4.78, 5) is 16.0. The van der Waals surface area contributed by atoms with E-state index >= 15 is 0 Å². The van der Waals surface area contributed by atoms with Gasteiger partial charge in [0.1, 0.15) is 11.6 Å². The van der Waals surface area contributed by atoms with E-state index in [0.717, 1.165) is 31.5 Å². The predicted molar refractivity (Wildman–Crippen MR) is 78.2 cm³/mol. The SMILES string of the molecule is CN(C)C[C@H]1CCCN(C(=O)Nc2ccc(F)cc2F)C1. The van der Waals surface area contributed by atoms with Crippen molar-refractivity contribution in [1.82, 2.24) is 9.80 Å². The molecule has 0 saturated carbocycles. The quantitative estimate of drug-likeness (QED) is 0.931. The summed E-state index contributed by atoms with van der Waals surface area (Å²) in [6.07, 6.45) is 2.03. The van der Waals surface area contributed by atoms with Crippen molar-refractivity contribution in [2.75, 3.05) is 39.0 Å². The van der Waals surface area contributed by atoms with Gasteiger partial charge in [-0.25, -0.2) is 13.6 Å². The van der Waals surface area contributed by atoms with Gasteiger partial charge in [-0.2, -0.15) is 0 Å². The molecule has 0 spiro atoms. The fraction of sp³-hybridized carbons (Fsp3) is 0.533. The van der Waals surface area contributed by atoms with Gasteiger partial charge >= 0.3 is 6.03 Å². The van der Waals surface area contributed by atoms with Crippen LogP contribution in [0.5, 0.6) is 0 Å². The molecule has 1 atom stereocenters. The Morgan fingerprint density at radius 1 is 1.43 bits per heavy atom. The molecule has 1 aliphatic rings. The van der Waals surface area contributed by atoms with Crippen LogP contribution in [0.3, 0.4) is 0 Å². The van der Waals surface area contributed by atoms with E-state index in [9.17, 15) is 13.6 Å². The second-order valence-electron chi connectivity index (χ2n) is 5.77. The number of likely N-dealkylation sites (tertiary alicyclic amines) is 1. The number of amides is 2. The molecule has 0 radical (unpaired) electrons. The molecule has 1 heterocycles. The van der Waals surface area contributed by atoms with Crippen LogP contribution in [0.15, 0.2) is 18.2 Å². The van der Waals surface area contributed by atoms with Gasteiger partial charge in [0.2, 0.25) is 0 Å². The Balaban J connectivity index is 1.96. The van der Waals surface area contributed by atoms with Crippen LogP contribution in [0.25, 0.3) is 0 Å². The molecule has 0 aliphatic carbocycles. The number of hydrogen-bond donors (Lipinski definition) is 1. The van der Waals surface area contributed by atoms with Crippen LogP contribution < -0.4 is 5.32 Å². The summed E-state index contributed by atoms with van der Waals surface area (Å²) in [6.45, 7) is 2.25. The first kappa shape index (κ1) is 15.7. The lowest BCUT2D eigenvalue weighted by atomic mass is 9.98. The lowest BCUT2D eigenvalue weighted by molar-refractivity contribution is 0.162. The minimum Gasteiger partial charge on any atom is -0.324 e. The van der Waals surface area contributed by atoms with E-state index < -0.39 is 11.6 Å². The Morgan fingerprint density at radius 2 is 2.19 bits per heavy atom. The Kier molecular flexibility index (Phi) is 5.12. The summed E-state index contributed by atoms with van der Waals surface area (Å²) in [5.41, 5.74) is 0.0103. The minimum atomic E-state index is -0.759. The van der Waals surface area contributed by atoms with Crippen molar-refractivity contribution < 1.29 is 13.6 Å². The van der Waals surface area contributed by atoms with E-state index in [4.69, 9.17) is 0 Å². The Morgan fingerprint density at radius 3 is 2.86 bits per heavy atom. The smallest absolute Gasteiger partial charge is 0.321 e. The van der Waals surface area contributed by atoms with Crippen molar-refractivity contribution in [1.29, 1.82) is 0 Å². The van der Waals surface area contributed by atoms with E-state index in [2.05, 4.69) is 10.2 Å². The highest BCUT2D eigenvalue weighted by molar-refractivity contribution is 5.89. The van der Waals surface area contributed by atoms with Crippen LogP contribution in [-0.4, -0.2) is 49.6 Å². The van der Waals surface area contributed by atoms with Crippen LogP contribution in [-0.2, 0) is 0 Å². The summed E-state index contributed by atoms with van der Waals surface area (Å²) >= 11 is 0. The third-order valence-electron chi connectivity index (χ3n) is 3.60. The average molecular weight is 297 g/mol. The molecule has 21 heavy (non-hydrogen) atoms. The zero-order valence-electron chi connectivity index (χ0n) is 12.4. The molecule has 1 aliphatic heterocycles. The van der Waals surface area contributed by atoms with Gasteiger partial charge in [-0.1, -0.05) is 0 Å². The number of nitrogens with zero attached hydrogens (tertiary/aromatic N) is 2. The van der Waals surface area contributed by atoms with Crippen molar-refractivity contribution in [3.8, 4) is 0 Å². The monoisotopic (exact) mass is 297 g/mol. The summed E-state index contributed by atoms with van der Waals surface area (Å²) in [5.74, 6) is -0.989. The largest absolute Gasteiger partial charge is 0.324 e. The zero-order chi connectivity index (χ0) is 15.4. The number of hydrogen-bond acceptors (Lipinski definition) is 2. The highest BCUT2D eigenvalue weighted by atomic mass is 19.1. The second kappa shape index (κ2) is 6.85. The van der Waals surface area contributed by atoms with Gasteiger partial charge in [0.05, 0.1) is 5.69 Å². The molecule has 0 aromatic heterocycles. The number of urea groups is 1. The zero-order valence-corrected chi connectivity index (χ0v) is 12.4. The number of benzene rings is 1. The lowest BCUT2D eigenvalue weighted by Gasteiger charge is -2.34. The molecule has 1 N–H and O–H groups in total. The van der Waals surface area contributed by atoms with Crippen molar-refractivity contribution in [3.63, 3.8) is 0 Å². The molecule has 2 amide bonds. The standard InChI is InChI=1S/C15H21F2N3O/c1-19(2)9-11-4-3-7-20(10-11)15(21)18-14-6-5-12(16)8-13(14)17/h5-6,8,11H,3-4,7,9-10H2,1-2H3,(H,18,21)/t11-/m1/s1. The van der Waals surface area contributed by atoms with Crippen LogP contribution >= 0.6 is 0 Å². The first-order chi connectivity index (χ1) is 9.95. The van der Waals surface area contributed by atoms with Crippen LogP contribution in [0.2, 0.25) is 0 Å². The van der Waals surface area contributed by atoms with E-state index in [1.54, 1.807) is 4.90 Å². The summed E-state index contributed by atoms with van der Waals surface area (Å²) in [6, 6.07) is 2.80. The Bertz CT molecular complexity index is 508. The molecule has 1 saturated heterocycles. The number of carbonyl (C=O) groups is 1. The maximum absolute atomic E-state index is 13.5. The molecule has 1 aromatic carbocycles. The van der Waals surface area contributed by atoms with Gasteiger partial charge in [0.25, 0.3) is 0 Å². The molecular formula is C15H21F2N3O. The number of piperidine rings is 1. The normalized spacial score (nSPS) is 18.9. The third kappa shape index (κ3) is 4.39. The van der Waals surface area contributed by atoms with E-state index in [1.807, 2.05) is 14.1 Å². The third-order valence-corrected chi connectivity index (χ3v) is 3.60. The lowest BCUT2D eigenvalue weighted by Crippen LogP contribution is -2.44. The average Bonchev–Trinajstić information content (AvgIpc) is 2.41. The highest BCUT2D eigenvalue weighted by Gasteiger charge is 2.24. The minimum absolute atomic E-state index is 0.0103. The molecular weight excluding hydrogens is 276 g/mol. The van der Waals surface area contributed by atoms with Gasteiger partial charge in [-0.15, -0.1) is 0 Å². The summed E-state index contributed by atoms with van der Waals surface area (Å²) in [5, 5.41) is 2.51. The summed E-state index contributed by atoms with van der Waals surface area (Å²) in [7, 11) is 4.01. The number of anilines is 1. The number of carbonyl (C=O) groups excluding carboxylic acids is 1. The van der Waals surface area contributed by atoms with Gasteiger partial charge in [-0.05, 0) is 45.0 Å². The fourth-order valence-corrected chi connectivity index (χ4v) is 2.70. The van der Waals surface area contributed by atoms with E-state index in [0.29, 0.717) is 19.0 Å². The molecule has 116 valence electrons. The number of rotatable bonds is 3. The first-order valence-electron chi connectivity index (χ1n) is 7.11. The Labute approximate surface area is 123 Å². The Hall–Kier alpha value is -1.69. The second-order valence-corrected chi connectivity index (χ2v) is 5.77. The van der Waals surface area contributed by atoms with Gasteiger partial charge in [0.15, 0.2) is 0 Å². The van der Waals surface area contributed by atoms with E-state index in [1.165, 1.54) is 6.07 Å². The number of nitrogens with one attached hydrogen (secondary N) is 1. The highest BCUT2D eigenvalue weighted by Crippen LogP contribution is 2.20. The van der Waals surface area contributed by atoms with Crippen molar-refractivity contribution in [2.45, 2.75) is 12.8 Å².